The molecule has 8 nitrogen and oxygen atoms in total. The van der Waals surface area contributed by atoms with Gasteiger partial charge < -0.3 is 9.47 Å². The second-order valence-corrected chi connectivity index (χ2v) is 18.0. The van der Waals surface area contributed by atoms with Gasteiger partial charge in [0.1, 0.15) is 12.2 Å². The molecule has 2 heterocycles. The maximum Gasteiger partial charge on any atom is 0.306 e. The molecule has 2 fully saturated rings. The van der Waals surface area contributed by atoms with Gasteiger partial charge >= 0.3 is 11.9 Å². The first kappa shape index (κ1) is 44.9. The SMILES string of the molecule is CCCCCCCON1C(C)(C)CC(OC(=O)CCCCCCCCC(=O)OC2CC(C)(C)N(OCCCCCCC)C(C)(C)C2)CC1(C)C. The zero-order chi connectivity index (χ0) is 37.3. The minimum atomic E-state index is -0.199. The molecule has 0 unspecified atom stereocenters. The standard InChI is InChI=1S/C42H80N2O6/c1-11-13-15-21-25-29-47-43-39(3,4)31-35(32-40(43,5)6)49-37(45)27-23-19-17-18-20-24-28-38(46)50-36-33-41(7,8)44(42(9,10)34-36)48-30-26-22-16-14-12-2/h35-36H,11-34H2,1-10H3. The summed E-state index contributed by atoms with van der Waals surface area (Å²) in [7, 11) is 0. The van der Waals surface area contributed by atoms with Crippen molar-refractivity contribution in [1.29, 1.82) is 0 Å². The maximum absolute atomic E-state index is 12.7. The summed E-state index contributed by atoms with van der Waals surface area (Å²) >= 11 is 0. The third-order valence-electron chi connectivity index (χ3n) is 10.7. The summed E-state index contributed by atoms with van der Waals surface area (Å²) in [6.07, 6.45) is 22.0. The summed E-state index contributed by atoms with van der Waals surface area (Å²) in [4.78, 5) is 38.1. The molecule has 2 aliphatic heterocycles. The molecule has 0 N–H and O–H groups in total. The highest BCUT2D eigenvalue weighted by molar-refractivity contribution is 5.69. The van der Waals surface area contributed by atoms with Crippen LogP contribution in [0.2, 0.25) is 0 Å². The fourth-order valence-corrected chi connectivity index (χ4v) is 8.67. The molecule has 0 aromatic heterocycles. The van der Waals surface area contributed by atoms with Crippen LogP contribution in [-0.2, 0) is 28.7 Å². The monoisotopic (exact) mass is 709 g/mol. The molecule has 50 heavy (non-hydrogen) atoms. The fraction of sp³-hybridized carbons (Fsp3) is 0.952. The first-order valence-corrected chi connectivity index (χ1v) is 20.8. The predicted molar refractivity (Wildman–Crippen MR) is 205 cm³/mol. The Morgan fingerprint density at radius 1 is 0.460 bits per heavy atom. The van der Waals surface area contributed by atoms with Crippen molar-refractivity contribution >= 4 is 11.9 Å². The number of piperidine rings is 2. The minimum absolute atomic E-state index is 0.0826. The van der Waals surface area contributed by atoms with Crippen molar-refractivity contribution in [1.82, 2.24) is 10.1 Å². The Bertz CT molecular complexity index is 852. The summed E-state index contributed by atoms with van der Waals surface area (Å²) in [5, 5.41) is 4.34. The number of unbranched alkanes of at least 4 members (excludes halogenated alkanes) is 13. The molecule has 0 saturated carbocycles. The average Bonchev–Trinajstić information content (AvgIpc) is 2.98. The Morgan fingerprint density at radius 3 is 1.06 bits per heavy atom. The number of hydrogen-bond acceptors (Lipinski definition) is 8. The van der Waals surface area contributed by atoms with E-state index in [2.05, 4.69) is 79.4 Å². The normalized spacial score (nSPS) is 20.9. The highest BCUT2D eigenvalue weighted by atomic mass is 16.7. The van der Waals surface area contributed by atoms with Gasteiger partial charge in [-0.3, -0.25) is 19.3 Å². The molecule has 0 spiro atoms. The number of ether oxygens (including phenoxy) is 2. The molecule has 0 aliphatic carbocycles. The zero-order valence-electron chi connectivity index (χ0n) is 34.5. The van der Waals surface area contributed by atoms with Gasteiger partial charge in [-0.25, -0.2) is 0 Å². The smallest absolute Gasteiger partial charge is 0.306 e. The third kappa shape index (κ3) is 16.2. The highest BCUT2D eigenvalue weighted by Crippen LogP contribution is 2.41. The predicted octanol–water partition coefficient (Wildman–Crippen LogP) is 11.0. The van der Waals surface area contributed by atoms with Crippen LogP contribution in [0.3, 0.4) is 0 Å². The third-order valence-corrected chi connectivity index (χ3v) is 10.7. The lowest BCUT2D eigenvalue weighted by atomic mass is 9.80. The number of carbonyl (C=O) groups excluding carboxylic acids is 2. The van der Waals surface area contributed by atoms with Crippen molar-refractivity contribution in [2.45, 2.75) is 245 Å². The van der Waals surface area contributed by atoms with Crippen LogP contribution in [0.25, 0.3) is 0 Å². The lowest BCUT2D eigenvalue weighted by Gasteiger charge is -2.53. The largest absolute Gasteiger partial charge is 0.462 e. The van der Waals surface area contributed by atoms with Gasteiger partial charge in [-0.1, -0.05) is 90.9 Å². The molecule has 0 radical (unpaired) electrons. The highest BCUT2D eigenvalue weighted by Gasteiger charge is 2.49. The second-order valence-electron chi connectivity index (χ2n) is 18.0. The van der Waals surface area contributed by atoms with Crippen molar-refractivity contribution in [3.05, 3.63) is 0 Å². The number of hydroxylamine groups is 4. The average molecular weight is 709 g/mol. The van der Waals surface area contributed by atoms with Crippen LogP contribution in [-0.4, -0.2) is 69.6 Å². The quantitative estimate of drug-likeness (QED) is 0.0685. The van der Waals surface area contributed by atoms with Crippen LogP contribution in [0.15, 0.2) is 0 Å². The maximum atomic E-state index is 12.7. The molecule has 8 heteroatoms. The van der Waals surface area contributed by atoms with Crippen molar-refractivity contribution in [3.8, 4) is 0 Å². The topological polar surface area (TPSA) is 77.5 Å². The van der Waals surface area contributed by atoms with Gasteiger partial charge in [-0.15, -0.1) is 0 Å². The Labute approximate surface area is 308 Å². The van der Waals surface area contributed by atoms with E-state index in [0.717, 1.165) is 90.3 Å². The van der Waals surface area contributed by atoms with E-state index in [4.69, 9.17) is 19.1 Å². The summed E-state index contributed by atoms with van der Waals surface area (Å²) in [6.45, 7) is 23.6. The molecule has 2 rings (SSSR count). The molecular formula is C42H80N2O6. The van der Waals surface area contributed by atoms with Crippen LogP contribution < -0.4 is 0 Å². The first-order valence-electron chi connectivity index (χ1n) is 20.8. The molecule has 0 aromatic carbocycles. The Balaban J connectivity index is 1.58. The van der Waals surface area contributed by atoms with E-state index in [0.29, 0.717) is 12.8 Å². The van der Waals surface area contributed by atoms with Crippen molar-refractivity contribution in [3.63, 3.8) is 0 Å². The molecular weight excluding hydrogens is 628 g/mol. The minimum Gasteiger partial charge on any atom is -0.462 e. The van der Waals surface area contributed by atoms with Crippen molar-refractivity contribution < 1.29 is 28.7 Å². The molecule has 0 atom stereocenters. The van der Waals surface area contributed by atoms with Crippen molar-refractivity contribution in [2.24, 2.45) is 0 Å². The molecule has 2 saturated heterocycles. The molecule has 2 aliphatic rings. The van der Waals surface area contributed by atoms with Gasteiger partial charge in [0.15, 0.2) is 0 Å². The summed E-state index contributed by atoms with van der Waals surface area (Å²) < 4.78 is 12.0. The zero-order valence-corrected chi connectivity index (χ0v) is 34.5. The lowest BCUT2D eigenvalue weighted by molar-refractivity contribution is -0.293. The van der Waals surface area contributed by atoms with E-state index in [1.54, 1.807) is 0 Å². The fourth-order valence-electron chi connectivity index (χ4n) is 8.67. The summed E-state index contributed by atoms with van der Waals surface area (Å²) in [5.41, 5.74) is -0.797. The number of rotatable bonds is 25. The number of carbonyl (C=O) groups is 2. The van der Waals surface area contributed by atoms with E-state index >= 15 is 0 Å². The van der Waals surface area contributed by atoms with Crippen LogP contribution in [0, 0.1) is 0 Å². The molecule has 0 bridgehead atoms. The van der Waals surface area contributed by atoms with Gasteiger partial charge in [-0.2, -0.15) is 10.1 Å². The molecule has 294 valence electrons. The van der Waals surface area contributed by atoms with Crippen molar-refractivity contribution in [2.75, 3.05) is 13.2 Å². The Hall–Kier alpha value is -1.22. The van der Waals surface area contributed by atoms with E-state index in [-0.39, 0.29) is 46.3 Å². The number of hydrogen-bond donors (Lipinski definition) is 0. The molecule has 0 aromatic rings. The van der Waals surface area contributed by atoms with Crippen LogP contribution in [0.1, 0.15) is 210 Å². The van der Waals surface area contributed by atoms with E-state index in [1.807, 2.05) is 0 Å². The lowest BCUT2D eigenvalue weighted by Crippen LogP contribution is -2.62. The van der Waals surface area contributed by atoms with E-state index in [1.165, 1.54) is 51.4 Å². The number of nitrogens with zero attached hydrogens (tertiary/aromatic N) is 2. The Morgan fingerprint density at radius 2 is 0.740 bits per heavy atom. The van der Waals surface area contributed by atoms with E-state index < -0.39 is 0 Å². The first-order chi connectivity index (χ1) is 23.5. The van der Waals surface area contributed by atoms with Crippen LogP contribution in [0.5, 0.6) is 0 Å². The summed E-state index contributed by atoms with van der Waals surface area (Å²) in [5.74, 6) is -0.165. The van der Waals surface area contributed by atoms with E-state index in [9.17, 15) is 9.59 Å². The Kier molecular flexibility index (Phi) is 19.9. The van der Waals surface area contributed by atoms with Crippen LogP contribution in [0.4, 0.5) is 0 Å². The van der Waals surface area contributed by atoms with Gasteiger partial charge in [0, 0.05) is 60.7 Å². The molecule has 0 amide bonds. The number of esters is 2. The van der Waals surface area contributed by atoms with Crippen LogP contribution >= 0.6 is 0 Å². The van der Waals surface area contributed by atoms with Gasteiger partial charge in [0.2, 0.25) is 0 Å². The van der Waals surface area contributed by atoms with Gasteiger partial charge in [0.25, 0.3) is 0 Å². The second kappa shape index (κ2) is 22.1. The van der Waals surface area contributed by atoms with Gasteiger partial charge in [-0.05, 0) is 81.1 Å². The van der Waals surface area contributed by atoms with Gasteiger partial charge in [0.05, 0.1) is 13.2 Å². The summed E-state index contributed by atoms with van der Waals surface area (Å²) in [6, 6.07) is 0.